The first-order chi connectivity index (χ1) is 14.2. The number of nitrogens with two attached hydrogens (primary N) is 1. The molecule has 4 N–H and O–H groups in total. The van der Waals surface area contributed by atoms with Gasteiger partial charge in [0, 0.05) is 29.9 Å². The summed E-state index contributed by atoms with van der Waals surface area (Å²) in [5, 5.41) is 5.23. The largest absolute Gasteiger partial charge is 0.405 e. The fourth-order valence-corrected chi connectivity index (χ4v) is 3.68. The van der Waals surface area contributed by atoms with Crippen LogP contribution in [0.1, 0.15) is 12.5 Å². The van der Waals surface area contributed by atoms with Gasteiger partial charge in [0.1, 0.15) is 30.6 Å². The summed E-state index contributed by atoms with van der Waals surface area (Å²) in [5.74, 6) is 0.553. The van der Waals surface area contributed by atoms with Crippen molar-refractivity contribution in [3.05, 3.63) is 52.6 Å². The number of nitrogens with zero attached hydrogens (tertiary/aromatic N) is 3. The number of quaternary nitrogens is 1. The van der Waals surface area contributed by atoms with Crippen LogP contribution >= 0.6 is 11.6 Å². The number of rotatable bonds is 4. The van der Waals surface area contributed by atoms with Gasteiger partial charge in [0.05, 0.1) is 10.6 Å². The quantitative estimate of drug-likeness (QED) is 0.633. The number of carbonyl (C=O) groups is 1. The molecule has 4 rings (SSSR count). The highest BCUT2D eigenvalue weighted by Crippen LogP contribution is 2.25. The molecule has 0 fully saturated rings. The van der Waals surface area contributed by atoms with E-state index < -0.39 is 24.7 Å². The number of H-pyrrole nitrogens is 1. The number of fused-ring (bicyclic) bond motifs is 1. The molecule has 30 heavy (non-hydrogen) atoms. The average molecular weight is 440 g/mol. The maximum atomic E-state index is 12.5. The van der Waals surface area contributed by atoms with Gasteiger partial charge in [0.15, 0.2) is 0 Å². The third-order valence-electron chi connectivity index (χ3n) is 4.94. The number of aliphatic imine (C=N–C) groups is 1. The minimum atomic E-state index is -4.46. The van der Waals surface area contributed by atoms with E-state index in [9.17, 15) is 18.0 Å². The standard InChI is InChI=1S/C19H18ClF3N6O/c1-10-6-24-16(13-8-26-15-12(13)5-11(20)7-25-15)28-17(10)29-4-2-3-14(29)18(30)27-9-19(21,22)23/h2-3,5,7-8,14H,4,6,9H2,1H3,(H,24,28)(H,25,26)(H,27,30)/p+1/t14-/m1/s1. The number of hydrogen-bond acceptors (Lipinski definition) is 4. The van der Waals surface area contributed by atoms with Crippen LogP contribution in [-0.4, -0.2) is 58.5 Å². The van der Waals surface area contributed by atoms with Gasteiger partial charge in [-0.05, 0) is 13.0 Å². The van der Waals surface area contributed by atoms with Crippen LogP contribution in [-0.2, 0) is 4.79 Å². The topological polar surface area (TPSA) is 90.0 Å². The number of hydrogen-bond donors (Lipinski definition) is 3. The number of nitrogens with one attached hydrogen (secondary N) is 2. The fraction of sp³-hybridized carbons (Fsp3) is 0.316. The summed E-state index contributed by atoms with van der Waals surface area (Å²) in [5.41, 5.74) is 2.41. The summed E-state index contributed by atoms with van der Waals surface area (Å²) < 4.78 is 37.4. The third kappa shape index (κ3) is 4.05. The highest BCUT2D eigenvalue weighted by Gasteiger charge is 2.34. The van der Waals surface area contributed by atoms with Crippen molar-refractivity contribution in [3.8, 4) is 0 Å². The molecule has 2 aromatic heterocycles. The predicted octanol–water partition coefficient (Wildman–Crippen LogP) is 1.69. The molecule has 2 aliphatic rings. The summed E-state index contributed by atoms with van der Waals surface area (Å²) in [4.78, 5) is 26.1. The van der Waals surface area contributed by atoms with E-state index in [0.717, 1.165) is 16.5 Å². The normalized spacial score (nSPS) is 19.6. The van der Waals surface area contributed by atoms with E-state index in [4.69, 9.17) is 16.6 Å². The van der Waals surface area contributed by atoms with Gasteiger partial charge in [-0.15, -0.1) is 0 Å². The Morgan fingerprint density at radius 1 is 1.47 bits per heavy atom. The van der Waals surface area contributed by atoms with Gasteiger partial charge in [0.2, 0.25) is 11.7 Å². The molecule has 0 unspecified atom stereocenters. The lowest BCUT2D eigenvalue weighted by Crippen LogP contribution is -2.89. The van der Waals surface area contributed by atoms with Gasteiger partial charge in [0.25, 0.3) is 0 Å². The predicted molar refractivity (Wildman–Crippen MR) is 106 cm³/mol. The van der Waals surface area contributed by atoms with Crippen LogP contribution in [0.15, 0.2) is 47.0 Å². The highest BCUT2D eigenvalue weighted by molar-refractivity contribution is 6.31. The second-order valence-electron chi connectivity index (χ2n) is 7.12. The maximum Gasteiger partial charge on any atom is 0.405 e. The Kier molecular flexibility index (Phi) is 5.29. The maximum absolute atomic E-state index is 12.5. The van der Waals surface area contributed by atoms with E-state index in [-0.39, 0.29) is 0 Å². The van der Waals surface area contributed by atoms with Crippen LogP contribution in [0.2, 0.25) is 5.02 Å². The van der Waals surface area contributed by atoms with Gasteiger partial charge < -0.3 is 15.2 Å². The van der Waals surface area contributed by atoms with Crippen molar-refractivity contribution in [2.45, 2.75) is 19.1 Å². The van der Waals surface area contributed by atoms with Crippen molar-refractivity contribution in [1.82, 2.24) is 20.2 Å². The number of pyridine rings is 1. The zero-order valence-corrected chi connectivity index (χ0v) is 16.7. The highest BCUT2D eigenvalue weighted by atomic mass is 35.5. The fourth-order valence-electron chi connectivity index (χ4n) is 3.53. The van der Waals surface area contributed by atoms with Crippen LogP contribution in [0.25, 0.3) is 11.0 Å². The summed E-state index contributed by atoms with van der Waals surface area (Å²) in [6.45, 7) is 1.51. The van der Waals surface area contributed by atoms with E-state index in [1.54, 1.807) is 35.5 Å². The first kappa shape index (κ1) is 20.4. The molecule has 0 bridgehead atoms. The van der Waals surface area contributed by atoms with E-state index in [1.807, 2.05) is 17.6 Å². The summed E-state index contributed by atoms with van der Waals surface area (Å²) in [7, 11) is 0. The van der Waals surface area contributed by atoms with Crippen LogP contribution in [0.3, 0.4) is 0 Å². The first-order valence-electron chi connectivity index (χ1n) is 9.25. The molecule has 1 amide bonds. The molecule has 11 heteroatoms. The van der Waals surface area contributed by atoms with E-state index in [2.05, 4.69) is 9.97 Å². The molecule has 0 saturated carbocycles. The lowest BCUT2D eigenvalue weighted by Gasteiger charge is -2.29. The van der Waals surface area contributed by atoms with Crippen LogP contribution < -0.4 is 10.6 Å². The summed E-state index contributed by atoms with van der Waals surface area (Å²) >= 11 is 6.08. The Bertz CT molecular complexity index is 1090. The Morgan fingerprint density at radius 3 is 3.03 bits per heavy atom. The van der Waals surface area contributed by atoms with Gasteiger partial charge in [-0.3, -0.25) is 10.1 Å². The van der Waals surface area contributed by atoms with E-state index in [1.165, 1.54) is 0 Å². The number of carbonyl (C=O) groups excluding carboxylic acids is 1. The van der Waals surface area contributed by atoms with Crippen molar-refractivity contribution >= 4 is 34.4 Å². The van der Waals surface area contributed by atoms with Gasteiger partial charge in [-0.1, -0.05) is 23.8 Å². The molecule has 0 spiro atoms. The molecule has 158 valence electrons. The zero-order chi connectivity index (χ0) is 21.5. The monoisotopic (exact) mass is 439 g/mol. The van der Waals surface area contributed by atoms with E-state index >= 15 is 0 Å². The molecule has 7 nitrogen and oxygen atoms in total. The van der Waals surface area contributed by atoms with Crippen molar-refractivity contribution in [1.29, 1.82) is 0 Å². The van der Waals surface area contributed by atoms with Crippen molar-refractivity contribution in [2.75, 3.05) is 19.6 Å². The molecular weight excluding hydrogens is 421 g/mol. The molecule has 2 aromatic rings. The van der Waals surface area contributed by atoms with E-state index in [0.29, 0.717) is 35.4 Å². The Morgan fingerprint density at radius 2 is 2.27 bits per heavy atom. The molecule has 4 heterocycles. The zero-order valence-electron chi connectivity index (χ0n) is 15.9. The number of alkyl halides is 3. The number of amides is 1. The lowest BCUT2D eigenvalue weighted by molar-refractivity contribution is -0.531. The molecule has 0 saturated heterocycles. The second-order valence-corrected chi connectivity index (χ2v) is 7.56. The van der Waals surface area contributed by atoms with Crippen LogP contribution in [0, 0.1) is 0 Å². The van der Waals surface area contributed by atoms with Crippen molar-refractivity contribution < 1.29 is 23.3 Å². The second kappa shape index (κ2) is 7.77. The smallest absolute Gasteiger partial charge is 0.345 e. The molecule has 2 aliphatic heterocycles. The molecule has 1 atom stereocenters. The molecule has 0 aliphatic carbocycles. The Hall–Kier alpha value is -2.85. The van der Waals surface area contributed by atoms with Gasteiger partial charge in [-0.25, -0.2) is 4.98 Å². The average Bonchev–Trinajstić information content (AvgIpc) is 3.33. The van der Waals surface area contributed by atoms with Crippen molar-refractivity contribution in [2.24, 2.45) is 4.99 Å². The SMILES string of the molecule is CC1=C(N2CC=C[C@@H]2C(=O)NCC(F)(F)F)N=C(c2c[nH]c3ncc(Cl)cc23)[NH2+]C1. The van der Waals surface area contributed by atoms with Gasteiger partial charge >= 0.3 is 6.18 Å². The van der Waals surface area contributed by atoms with Crippen LogP contribution in [0.4, 0.5) is 13.2 Å². The van der Waals surface area contributed by atoms with Gasteiger partial charge in [-0.2, -0.15) is 18.2 Å². The lowest BCUT2D eigenvalue weighted by atomic mass is 10.1. The molecular formula is C19H19ClF3N6O+. The third-order valence-corrected chi connectivity index (χ3v) is 5.15. The molecule has 0 aromatic carbocycles. The Labute approximate surface area is 174 Å². The minimum absolute atomic E-state index is 0.384. The molecule has 0 radical (unpaired) electrons. The summed E-state index contributed by atoms with van der Waals surface area (Å²) in [6, 6.07) is 0.946. The number of aromatic amines is 1. The van der Waals surface area contributed by atoms with Crippen molar-refractivity contribution in [3.63, 3.8) is 0 Å². The Balaban J connectivity index is 1.62. The minimum Gasteiger partial charge on any atom is -0.345 e. The summed E-state index contributed by atoms with van der Waals surface area (Å²) in [6.07, 6.45) is 2.22. The number of aromatic nitrogens is 2. The first-order valence-corrected chi connectivity index (χ1v) is 9.63. The van der Waals surface area contributed by atoms with Crippen LogP contribution in [0.5, 0.6) is 0 Å². The number of halogens is 4. The number of amidine groups is 1.